The number of benzene rings is 1. The molecule has 2 rings (SSSR count). The van der Waals surface area contributed by atoms with Crippen LogP contribution in [0.4, 0.5) is 0 Å². The summed E-state index contributed by atoms with van der Waals surface area (Å²) in [4.78, 5) is 0. The van der Waals surface area contributed by atoms with Gasteiger partial charge in [-0.15, -0.1) is 0 Å². The quantitative estimate of drug-likeness (QED) is 0.749. The van der Waals surface area contributed by atoms with Crippen LogP contribution < -0.4 is 0 Å². The van der Waals surface area contributed by atoms with Gasteiger partial charge < -0.3 is 0 Å². The Balaban J connectivity index is 0.000000396. The second kappa shape index (κ2) is 4.42. The third-order valence-electron chi connectivity index (χ3n) is 1.71. The fourth-order valence-electron chi connectivity index (χ4n) is 1.18. The Bertz CT molecular complexity index is 393. The van der Waals surface area contributed by atoms with Crippen LogP contribution in [-0.2, 0) is 0 Å². The number of aromatic nitrogens is 2. The second-order valence-corrected chi connectivity index (χ2v) is 3.34. The second-order valence-electron chi connectivity index (χ2n) is 2.48. The summed E-state index contributed by atoms with van der Waals surface area (Å²) < 4.78 is 1.10. The molecule has 0 bridgehead atoms. The van der Waals surface area contributed by atoms with E-state index in [0.717, 1.165) is 15.7 Å². The number of nitrogens with one attached hydrogen (secondary N) is 1. The summed E-state index contributed by atoms with van der Waals surface area (Å²) >= 11 is 3.47. The molecule has 1 aromatic heterocycles. The van der Waals surface area contributed by atoms with E-state index in [2.05, 4.69) is 26.1 Å². The zero-order valence-corrected chi connectivity index (χ0v) is 9.64. The lowest BCUT2D eigenvalue weighted by atomic mass is 10.2. The molecule has 0 atom stereocenters. The van der Waals surface area contributed by atoms with Gasteiger partial charge in [-0.2, -0.15) is 5.10 Å². The Labute approximate surface area is 86.5 Å². The molecular formula is C10H13BrN2. The summed E-state index contributed by atoms with van der Waals surface area (Å²) in [6.07, 6.45) is 0. The van der Waals surface area contributed by atoms with Crippen molar-refractivity contribution in [1.29, 1.82) is 0 Å². The van der Waals surface area contributed by atoms with Gasteiger partial charge in [-0.05, 0) is 19.1 Å². The van der Waals surface area contributed by atoms with Gasteiger partial charge in [0.25, 0.3) is 0 Å². The van der Waals surface area contributed by atoms with Gasteiger partial charge in [0.2, 0.25) is 0 Å². The fraction of sp³-hybridized carbons (Fsp3) is 0.300. The van der Waals surface area contributed by atoms with Crippen molar-refractivity contribution in [2.24, 2.45) is 0 Å². The van der Waals surface area contributed by atoms with Crippen molar-refractivity contribution < 1.29 is 0 Å². The van der Waals surface area contributed by atoms with Crippen LogP contribution in [-0.4, -0.2) is 10.2 Å². The fourth-order valence-corrected chi connectivity index (χ4v) is 1.83. The Morgan fingerprint density at radius 1 is 1.31 bits per heavy atom. The lowest BCUT2D eigenvalue weighted by Gasteiger charge is -1.91. The molecule has 1 heterocycles. The number of halogens is 1. The third kappa shape index (κ3) is 1.91. The molecule has 0 spiro atoms. The van der Waals surface area contributed by atoms with Gasteiger partial charge in [0.15, 0.2) is 0 Å². The molecule has 13 heavy (non-hydrogen) atoms. The van der Waals surface area contributed by atoms with Crippen molar-refractivity contribution in [1.82, 2.24) is 10.2 Å². The molecule has 0 unspecified atom stereocenters. The number of rotatable bonds is 0. The Morgan fingerprint density at radius 2 is 2.00 bits per heavy atom. The number of H-pyrrole nitrogens is 1. The molecule has 2 nitrogen and oxygen atoms in total. The Morgan fingerprint density at radius 3 is 2.62 bits per heavy atom. The minimum absolute atomic E-state index is 1.01. The maximum absolute atomic E-state index is 4.12. The predicted molar refractivity (Wildman–Crippen MR) is 59.9 cm³/mol. The number of nitrogens with zero attached hydrogens (tertiary/aromatic N) is 1. The molecule has 2 aromatic rings. The van der Waals surface area contributed by atoms with Gasteiger partial charge in [0.1, 0.15) is 0 Å². The highest BCUT2D eigenvalue weighted by Gasteiger charge is 2.02. The van der Waals surface area contributed by atoms with E-state index in [1.807, 2.05) is 39.0 Å². The molecule has 0 saturated carbocycles. The first kappa shape index (κ1) is 10.3. The van der Waals surface area contributed by atoms with E-state index < -0.39 is 0 Å². The summed E-state index contributed by atoms with van der Waals surface area (Å²) in [6.45, 7) is 6.01. The average molecular weight is 241 g/mol. The van der Waals surface area contributed by atoms with Crippen molar-refractivity contribution in [3.63, 3.8) is 0 Å². The molecule has 3 heteroatoms. The van der Waals surface area contributed by atoms with Crippen LogP contribution in [0, 0.1) is 6.92 Å². The van der Waals surface area contributed by atoms with Crippen LogP contribution in [0.15, 0.2) is 22.7 Å². The van der Waals surface area contributed by atoms with Gasteiger partial charge in [-0.3, -0.25) is 5.10 Å². The number of hydrogen-bond acceptors (Lipinski definition) is 1. The van der Waals surface area contributed by atoms with Crippen molar-refractivity contribution in [2.75, 3.05) is 0 Å². The van der Waals surface area contributed by atoms with Crippen molar-refractivity contribution in [2.45, 2.75) is 20.8 Å². The van der Waals surface area contributed by atoms with Crippen LogP contribution >= 0.6 is 15.9 Å². The third-order valence-corrected chi connectivity index (χ3v) is 2.37. The number of fused-ring (bicyclic) bond motifs is 1. The lowest BCUT2D eigenvalue weighted by Crippen LogP contribution is -1.71. The molecule has 0 saturated heterocycles. The molecule has 0 fully saturated rings. The molecule has 0 radical (unpaired) electrons. The summed E-state index contributed by atoms with van der Waals surface area (Å²) in [5.74, 6) is 0. The zero-order chi connectivity index (χ0) is 9.84. The Kier molecular flexibility index (Phi) is 3.48. The van der Waals surface area contributed by atoms with E-state index in [4.69, 9.17) is 0 Å². The van der Waals surface area contributed by atoms with Gasteiger partial charge in [-0.1, -0.05) is 35.8 Å². The highest BCUT2D eigenvalue weighted by molar-refractivity contribution is 9.10. The maximum atomic E-state index is 4.12. The smallest absolute Gasteiger partial charge is 0.0935 e. The van der Waals surface area contributed by atoms with Gasteiger partial charge in [0.05, 0.1) is 5.52 Å². The topological polar surface area (TPSA) is 28.7 Å². The number of aryl methyl sites for hydroxylation is 1. The van der Waals surface area contributed by atoms with Gasteiger partial charge in [-0.25, -0.2) is 0 Å². The van der Waals surface area contributed by atoms with Crippen molar-refractivity contribution >= 4 is 26.8 Å². The summed E-state index contributed by atoms with van der Waals surface area (Å²) in [5, 5.41) is 8.24. The van der Waals surface area contributed by atoms with E-state index in [9.17, 15) is 0 Å². The predicted octanol–water partition coefficient (Wildman–Crippen LogP) is 3.66. The molecule has 0 aliphatic rings. The first-order chi connectivity index (χ1) is 6.29. The first-order valence-electron chi connectivity index (χ1n) is 4.38. The van der Waals surface area contributed by atoms with E-state index in [0.29, 0.717) is 0 Å². The summed E-state index contributed by atoms with van der Waals surface area (Å²) in [7, 11) is 0. The molecule has 1 aromatic carbocycles. The van der Waals surface area contributed by atoms with Gasteiger partial charge in [0, 0.05) is 15.6 Å². The van der Waals surface area contributed by atoms with Crippen molar-refractivity contribution in [3.05, 3.63) is 28.4 Å². The van der Waals surface area contributed by atoms with Crippen LogP contribution in [0.25, 0.3) is 10.9 Å². The van der Waals surface area contributed by atoms with Crippen molar-refractivity contribution in [3.8, 4) is 0 Å². The highest BCUT2D eigenvalue weighted by atomic mass is 79.9. The largest absolute Gasteiger partial charge is 0.282 e. The minimum Gasteiger partial charge on any atom is -0.282 e. The normalized spacial score (nSPS) is 9.54. The number of aromatic amines is 1. The van der Waals surface area contributed by atoms with Crippen LogP contribution in [0.5, 0.6) is 0 Å². The molecule has 0 aliphatic heterocycles. The van der Waals surface area contributed by atoms with Crippen LogP contribution in [0.2, 0.25) is 0 Å². The SMILES string of the molecule is CC.Cc1[nH]nc2cccc(Br)c12. The van der Waals surface area contributed by atoms with E-state index in [-0.39, 0.29) is 0 Å². The molecular weight excluding hydrogens is 228 g/mol. The molecule has 70 valence electrons. The first-order valence-corrected chi connectivity index (χ1v) is 5.17. The standard InChI is InChI=1S/C8H7BrN2.C2H6/c1-5-8-6(9)3-2-4-7(8)11-10-5;1-2/h2-4H,1H3,(H,10,11);1-2H3. The average Bonchev–Trinajstić information content (AvgIpc) is 2.53. The molecule has 0 amide bonds. The molecule has 0 aliphatic carbocycles. The summed E-state index contributed by atoms with van der Waals surface area (Å²) in [5.41, 5.74) is 2.12. The van der Waals surface area contributed by atoms with Crippen LogP contribution in [0.1, 0.15) is 19.5 Å². The molecule has 1 N–H and O–H groups in total. The maximum Gasteiger partial charge on any atom is 0.0935 e. The minimum atomic E-state index is 1.01. The monoisotopic (exact) mass is 240 g/mol. The van der Waals surface area contributed by atoms with Crippen LogP contribution in [0.3, 0.4) is 0 Å². The zero-order valence-electron chi connectivity index (χ0n) is 8.06. The Hall–Kier alpha value is -0.830. The van der Waals surface area contributed by atoms with E-state index in [1.165, 1.54) is 5.39 Å². The summed E-state index contributed by atoms with van der Waals surface area (Å²) in [6, 6.07) is 5.99. The van der Waals surface area contributed by atoms with E-state index in [1.54, 1.807) is 0 Å². The number of hydrogen-bond donors (Lipinski definition) is 1. The highest BCUT2D eigenvalue weighted by Crippen LogP contribution is 2.24. The lowest BCUT2D eigenvalue weighted by molar-refractivity contribution is 1.07. The van der Waals surface area contributed by atoms with E-state index >= 15 is 0 Å². The van der Waals surface area contributed by atoms with Gasteiger partial charge >= 0.3 is 0 Å².